The summed E-state index contributed by atoms with van der Waals surface area (Å²) in [6.45, 7) is 2.64. The van der Waals surface area contributed by atoms with Crippen molar-refractivity contribution in [3.63, 3.8) is 0 Å². The Morgan fingerprint density at radius 2 is 2.21 bits per heavy atom. The summed E-state index contributed by atoms with van der Waals surface area (Å²) in [5.41, 5.74) is 2.03. The van der Waals surface area contributed by atoms with Gasteiger partial charge in [0.2, 0.25) is 11.7 Å². The molecule has 2 aromatic rings. The highest BCUT2D eigenvalue weighted by Crippen LogP contribution is 2.19. The summed E-state index contributed by atoms with van der Waals surface area (Å²) in [7, 11) is 1.97. The Morgan fingerprint density at radius 1 is 1.42 bits per heavy atom. The average Bonchev–Trinajstić information content (AvgIpc) is 3.28. The summed E-state index contributed by atoms with van der Waals surface area (Å²) in [5.74, 6) is 0.685. The SMILES string of the molecule is CC(C(=O)NC1CCCC1)N(C)Cc1cccc(-c2nn[nH]n2)c1. The maximum Gasteiger partial charge on any atom is 0.237 e. The minimum absolute atomic E-state index is 0.110. The van der Waals surface area contributed by atoms with Gasteiger partial charge in [0.15, 0.2) is 0 Å². The largest absolute Gasteiger partial charge is 0.352 e. The first-order chi connectivity index (χ1) is 11.6. The first-order valence-electron chi connectivity index (χ1n) is 8.47. The molecule has 128 valence electrons. The fourth-order valence-corrected chi connectivity index (χ4v) is 3.11. The van der Waals surface area contributed by atoms with Crippen LogP contribution >= 0.6 is 0 Å². The number of nitrogens with one attached hydrogen (secondary N) is 2. The van der Waals surface area contributed by atoms with Crippen molar-refractivity contribution >= 4 is 5.91 Å². The highest BCUT2D eigenvalue weighted by atomic mass is 16.2. The fourth-order valence-electron chi connectivity index (χ4n) is 3.11. The van der Waals surface area contributed by atoms with Crippen LogP contribution in [-0.2, 0) is 11.3 Å². The number of amides is 1. The number of aromatic amines is 1. The molecule has 1 aromatic heterocycles. The van der Waals surface area contributed by atoms with Crippen molar-refractivity contribution in [3.05, 3.63) is 29.8 Å². The molecular formula is C17H24N6O. The molecule has 1 atom stereocenters. The lowest BCUT2D eigenvalue weighted by Gasteiger charge is -2.25. The van der Waals surface area contributed by atoms with E-state index in [2.05, 4.69) is 30.8 Å². The van der Waals surface area contributed by atoms with E-state index in [9.17, 15) is 4.79 Å². The van der Waals surface area contributed by atoms with Crippen LogP contribution in [0.1, 0.15) is 38.2 Å². The summed E-state index contributed by atoms with van der Waals surface area (Å²) in [4.78, 5) is 14.5. The summed E-state index contributed by atoms with van der Waals surface area (Å²) in [5, 5.41) is 17.2. The second kappa shape index (κ2) is 7.53. The Labute approximate surface area is 141 Å². The second-order valence-electron chi connectivity index (χ2n) is 6.52. The number of tetrazole rings is 1. The van der Waals surface area contributed by atoms with E-state index in [0.717, 1.165) is 24.0 Å². The van der Waals surface area contributed by atoms with Crippen molar-refractivity contribution in [2.75, 3.05) is 7.05 Å². The number of nitrogens with zero attached hydrogens (tertiary/aromatic N) is 4. The number of rotatable bonds is 6. The highest BCUT2D eigenvalue weighted by molar-refractivity contribution is 5.81. The monoisotopic (exact) mass is 328 g/mol. The third-order valence-electron chi connectivity index (χ3n) is 4.70. The molecule has 1 amide bonds. The molecule has 24 heavy (non-hydrogen) atoms. The zero-order chi connectivity index (χ0) is 16.9. The van der Waals surface area contributed by atoms with Crippen LogP contribution in [0.3, 0.4) is 0 Å². The van der Waals surface area contributed by atoms with Crippen LogP contribution in [-0.4, -0.2) is 50.6 Å². The van der Waals surface area contributed by atoms with Gasteiger partial charge in [-0.1, -0.05) is 31.0 Å². The Kier molecular flexibility index (Phi) is 5.20. The Hall–Kier alpha value is -2.28. The highest BCUT2D eigenvalue weighted by Gasteiger charge is 2.23. The van der Waals surface area contributed by atoms with Crippen LogP contribution in [0.4, 0.5) is 0 Å². The molecule has 3 rings (SSSR count). The smallest absolute Gasteiger partial charge is 0.237 e. The normalized spacial score (nSPS) is 16.5. The Morgan fingerprint density at radius 3 is 2.92 bits per heavy atom. The van der Waals surface area contributed by atoms with Gasteiger partial charge in [-0.25, -0.2) is 0 Å². The van der Waals surface area contributed by atoms with Crippen molar-refractivity contribution in [2.24, 2.45) is 0 Å². The number of benzene rings is 1. The van der Waals surface area contributed by atoms with Gasteiger partial charge in [0.05, 0.1) is 6.04 Å². The predicted molar refractivity (Wildman–Crippen MR) is 90.9 cm³/mol. The van der Waals surface area contributed by atoms with Gasteiger partial charge in [-0.15, -0.1) is 10.2 Å². The van der Waals surface area contributed by atoms with Crippen LogP contribution in [0, 0.1) is 0 Å². The van der Waals surface area contributed by atoms with E-state index in [1.54, 1.807) is 0 Å². The topological polar surface area (TPSA) is 86.8 Å². The van der Waals surface area contributed by atoms with Crippen LogP contribution < -0.4 is 5.32 Å². The van der Waals surface area contributed by atoms with Crippen molar-refractivity contribution in [3.8, 4) is 11.4 Å². The standard InChI is InChI=1S/C17H24N6O/c1-12(17(24)18-15-8-3-4-9-15)23(2)11-13-6-5-7-14(10-13)16-19-21-22-20-16/h5-7,10,12,15H,3-4,8-9,11H2,1-2H3,(H,18,24)(H,19,20,21,22). The molecule has 1 heterocycles. The number of hydrogen-bond acceptors (Lipinski definition) is 5. The molecule has 1 aliphatic carbocycles. The maximum absolute atomic E-state index is 12.4. The second-order valence-corrected chi connectivity index (χ2v) is 6.52. The number of aromatic nitrogens is 4. The predicted octanol–water partition coefficient (Wildman–Crippen LogP) is 1.75. The molecule has 0 radical (unpaired) electrons. The van der Waals surface area contributed by atoms with E-state index in [0.29, 0.717) is 18.4 Å². The molecule has 7 nitrogen and oxygen atoms in total. The molecule has 1 fully saturated rings. The fraction of sp³-hybridized carbons (Fsp3) is 0.529. The summed E-state index contributed by atoms with van der Waals surface area (Å²) in [6, 6.07) is 8.18. The molecule has 1 aliphatic rings. The van der Waals surface area contributed by atoms with Crippen LogP contribution in [0.5, 0.6) is 0 Å². The number of carbonyl (C=O) groups excluding carboxylic acids is 1. The molecule has 1 unspecified atom stereocenters. The van der Waals surface area contributed by atoms with E-state index in [1.165, 1.54) is 12.8 Å². The lowest BCUT2D eigenvalue weighted by molar-refractivity contribution is -0.126. The maximum atomic E-state index is 12.4. The van der Waals surface area contributed by atoms with E-state index >= 15 is 0 Å². The molecule has 2 N–H and O–H groups in total. The molecular weight excluding hydrogens is 304 g/mol. The van der Waals surface area contributed by atoms with Gasteiger partial charge in [0, 0.05) is 18.2 Å². The molecule has 7 heteroatoms. The van der Waals surface area contributed by atoms with Gasteiger partial charge in [-0.05, 0) is 43.7 Å². The van der Waals surface area contributed by atoms with Gasteiger partial charge in [0.25, 0.3) is 0 Å². The first-order valence-corrected chi connectivity index (χ1v) is 8.47. The van der Waals surface area contributed by atoms with Gasteiger partial charge < -0.3 is 5.32 Å². The first kappa shape index (κ1) is 16.6. The molecule has 0 spiro atoms. The molecule has 0 bridgehead atoms. The van der Waals surface area contributed by atoms with Crippen LogP contribution in [0.15, 0.2) is 24.3 Å². The zero-order valence-corrected chi connectivity index (χ0v) is 14.2. The van der Waals surface area contributed by atoms with Gasteiger partial charge in [0.1, 0.15) is 0 Å². The Balaban J connectivity index is 1.60. The molecule has 0 saturated heterocycles. The van der Waals surface area contributed by atoms with Crippen molar-refractivity contribution in [2.45, 2.75) is 51.2 Å². The number of carbonyl (C=O) groups is 1. The van der Waals surface area contributed by atoms with E-state index in [4.69, 9.17) is 0 Å². The quantitative estimate of drug-likeness (QED) is 0.843. The van der Waals surface area contributed by atoms with Gasteiger partial charge in [-0.3, -0.25) is 9.69 Å². The summed E-state index contributed by atoms with van der Waals surface area (Å²) >= 11 is 0. The third kappa shape index (κ3) is 3.97. The van der Waals surface area contributed by atoms with E-state index < -0.39 is 0 Å². The van der Waals surface area contributed by atoms with E-state index in [-0.39, 0.29) is 11.9 Å². The van der Waals surface area contributed by atoms with Gasteiger partial charge in [-0.2, -0.15) is 5.21 Å². The van der Waals surface area contributed by atoms with E-state index in [1.807, 2.05) is 38.2 Å². The van der Waals surface area contributed by atoms with Gasteiger partial charge >= 0.3 is 0 Å². The van der Waals surface area contributed by atoms with Crippen molar-refractivity contribution in [1.29, 1.82) is 0 Å². The van der Waals surface area contributed by atoms with Crippen molar-refractivity contribution < 1.29 is 4.79 Å². The number of hydrogen-bond donors (Lipinski definition) is 2. The Bertz CT molecular complexity index is 665. The zero-order valence-electron chi connectivity index (χ0n) is 14.2. The average molecular weight is 328 g/mol. The number of H-pyrrole nitrogens is 1. The third-order valence-corrected chi connectivity index (χ3v) is 4.70. The van der Waals surface area contributed by atoms with Crippen LogP contribution in [0.25, 0.3) is 11.4 Å². The minimum atomic E-state index is -0.167. The number of likely N-dealkylation sites (N-methyl/N-ethyl adjacent to an activating group) is 1. The minimum Gasteiger partial charge on any atom is -0.352 e. The molecule has 0 aliphatic heterocycles. The lowest BCUT2D eigenvalue weighted by atomic mass is 10.1. The molecule has 1 saturated carbocycles. The summed E-state index contributed by atoms with van der Waals surface area (Å²) in [6.07, 6.45) is 4.65. The summed E-state index contributed by atoms with van der Waals surface area (Å²) < 4.78 is 0. The van der Waals surface area contributed by atoms with Crippen LogP contribution in [0.2, 0.25) is 0 Å². The lowest BCUT2D eigenvalue weighted by Crippen LogP contribution is -2.46. The molecule has 1 aromatic carbocycles. The van der Waals surface area contributed by atoms with Crippen molar-refractivity contribution in [1.82, 2.24) is 30.8 Å².